The smallest absolute Gasteiger partial charge is 0.327 e. The molecule has 0 spiro atoms. The summed E-state index contributed by atoms with van der Waals surface area (Å²) in [5.41, 5.74) is 5.33. The average molecular weight is 200 g/mol. The summed E-state index contributed by atoms with van der Waals surface area (Å²) >= 11 is 0. The van der Waals surface area contributed by atoms with E-state index in [1.165, 1.54) is 0 Å². The van der Waals surface area contributed by atoms with E-state index in [-0.39, 0.29) is 5.97 Å². The Labute approximate surface area is 85.4 Å². The van der Waals surface area contributed by atoms with Gasteiger partial charge in [0.1, 0.15) is 5.54 Å². The topological polar surface area (TPSA) is 55.6 Å². The molecule has 1 aliphatic carbocycles. The zero-order valence-corrected chi connectivity index (χ0v) is 9.25. The van der Waals surface area contributed by atoms with Crippen LogP contribution in [0.5, 0.6) is 0 Å². The second kappa shape index (κ2) is 4.28. The van der Waals surface area contributed by atoms with Gasteiger partial charge < -0.3 is 15.4 Å². The van der Waals surface area contributed by atoms with E-state index in [0.29, 0.717) is 19.1 Å². The van der Waals surface area contributed by atoms with Crippen molar-refractivity contribution in [1.82, 2.24) is 4.90 Å². The quantitative estimate of drug-likeness (QED) is 0.645. The molecule has 0 heterocycles. The van der Waals surface area contributed by atoms with Crippen molar-refractivity contribution in [1.29, 1.82) is 0 Å². The van der Waals surface area contributed by atoms with E-state index in [1.807, 2.05) is 19.0 Å². The van der Waals surface area contributed by atoms with Crippen LogP contribution in [0.2, 0.25) is 0 Å². The summed E-state index contributed by atoms with van der Waals surface area (Å²) < 4.78 is 5.02. The number of hydrogen-bond donors (Lipinski definition) is 1. The summed E-state index contributed by atoms with van der Waals surface area (Å²) in [4.78, 5) is 13.6. The molecule has 1 fully saturated rings. The lowest BCUT2D eigenvalue weighted by Crippen LogP contribution is -2.57. The Balaban J connectivity index is 2.64. The van der Waals surface area contributed by atoms with Gasteiger partial charge in [-0.1, -0.05) is 0 Å². The van der Waals surface area contributed by atoms with Crippen LogP contribution < -0.4 is 5.73 Å². The van der Waals surface area contributed by atoms with Crippen LogP contribution in [0.1, 0.15) is 19.8 Å². The van der Waals surface area contributed by atoms with Gasteiger partial charge in [0.25, 0.3) is 0 Å². The number of hydrogen-bond acceptors (Lipinski definition) is 4. The van der Waals surface area contributed by atoms with Crippen molar-refractivity contribution in [3.63, 3.8) is 0 Å². The third-order valence-electron chi connectivity index (χ3n) is 2.54. The van der Waals surface area contributed by atoms with Gasteiger partial charge in [0, 0.05) is 6.54 Å². The van der Waals surface area contributed by atoms with Gasteiger partial charge in [-0.05, 0) is 39.8 Å². The van der Waals surface area contributed by atoms with Crippen LogP contribution in [0.3, 0.4) is 0 Å². The Morgan fingerprint density at radius 3 is 2.50 bits per heavy atom. The first-order valence-corrected chi connectivity index (χ1v) is 5.11. The van der Waals surface area contributed by atoms with Gasteiger partial charge in [-0.2, -0.15) is 0 Å². The molecule has 2 N–H and O–H groups in total. The van der Waals surface area contributed by atoms with Gasteiger partial charge in [-0.25, -0.2) is 4.79 Å². The number of likely N-dealkylation sites (N-methyl/N-ethyl adjacent to an activating group) is 1. The predicted molar refractivity (Wildman–Crippen MR) is 54.8 cm³/mol. The molecule has 1 rings (SSSR count). The van der Waals surface area contributed by atoms with E-state index in [2.05, 4.69) is 0 Å². The molecular weight excluding hydrogens is 180 g/mol. The summed E-state index contributed by atoms with van der Waals surface area (Å²) in [7, 11) is 3.84. The molecular formula is C10H20N2O2. The molecule has 14 heavy (non-hydrogen) atoms. The molecule has 4 nitrogen and oxygen atoms in total. The van der Waals surface area contributed by atoms with Crippen molar-refractivity contribution >= 4 is 5.97 Å². The highest BCUT2D eigenvalue weighted by molar-refractivity contribution is 5.82. The molecule has 0 aromatic carbocycles. The Kier molecular flexibility index (Phi) is 3.50. The lowest BCUT2D eigenvalue weighted by Gasteiger charge is -2.29. The maximum Gasteiger partial charge on any atom is 0.327 e. The zero-order chi connectivity index (χ0) is 10.8. The molecule has 0 saturated heterocycles. The van der Waals surface area contributed by atoms with Crippen molar-refractivity contribution in [2.75, 3.05) is 27.2 Å². The van der Waals surface area contributed by atoms with Crippen LogP contribution >= 0.6 is 0 Å². The standard InChI is InChI=1S/C10H20N2O2/c1-4-14-9(13)10(11,7-12(2)3)8-5-6-8/h8H,4-7,11H2,1-3H3. The second-order valence-electron chi connectivity index (χ2n) is 4.27. The highest BCUT2D eigenvalue weighted by Gasteiger charge is 2.49. The molecule has 0 aromatic rings. The summed E-state index contributed by atoms with van der Waals surface area (Å²) in [5.74, 6) is 0.0557. The number of nitrogens with two attached hydrogens (primary N) is 1. The highest BCUT2D eigenvalue weighted by Crippen LogP contribution is 2.39. The summed E-state index contributed by atoms with van der Waals surface area (Å²) in [6.07, 6.45) is 2.09. The van der Waals surface area contributed by atoms with Crippen molar-refractivity contribution < 1.29 is 9.53 Å². The van der Waals surface area contributed by atoms with Crippen LogP contribution in [-0.2, 0) is 9.53 Å². The number of carbonyl (C=O) groups excluding carboxylic acids is 1. The van der Waals surface area contributed by atoms with Crippen LogP contribution in [0.4, 0.5) is 0 Å². The highest BCUT2D eigenvalue weighted by atomic mass is 16.5. The fourth-order valence-electron chi connectivity index (χ4n) is 1.75. The fourth-order valence-corrected chi connectivity index (χ4v) is 1.75. The Morgan fingerprint density at radius 1 is 1.57 bits per heavy atom. The number of ether oxygens (including phenoxy) is 1. The third kappa shape index (κ3) is 2.45. The number of nitrogens with zero attached hydrogens (tertiary/aromatic N) is 1. The lowest BCUT2D eigenvalue weighted by atomic mass is 9.94. The van der Waals surface area contributed by atoms with Crippen molar-refractivity contribution in [2.24, 2.45) is 11.7 Å². The van der Waals surface area contributed by atoms with Gasteiger partial charge in [-0.15, -0.1) is 0 Å². The first kappa shape index (κ1) is 11.5. The molecule has 0 aliphatic heterocycles. The molecule has 82 valence electrons. The van der Waals surface area contributed by atoms with Crippen LogP contribution in [0.25, 0.3) is 0 Å². The normalized spacial score (nSPS) is 20.6. The fraction of sp³-hybridized carbons (Fsp3) is 0.900. The van der Waals surface area contributed by atoms with Gasteiger partial charge >= 0.3 is 5.97 Å². The zero-order valence-electron chi connectivity index (χ0n) is 9.25. The van der Waals surface area contributed by atoms with Gasteiger partial charge in [0.05, 0.1) is 6.61 Å². The minimum Gasteiger partial charge on any atom is -0.465 e. The van der Waals surface area contributed by atoms with E-state index < -0.39 is 5.54 Å². The van der Waals surface area contributed by atoms with E-state index in [0.717, 1.165) is 12.8 Å². The number of rotatable bonds is 5. The van der Waals surface area contributed by atoms with E-state index in [1.54, 1.807) is 6.92 Å². The summed E-state index contributed by atoms with van der Waals surface area (Å²) in [6, 6.07) is 0. The maximum atomic E-state index is 11.7. The monoisotopic (exact) mass is 200 g/mol. The molecule has 4 heteroatoms. The predicted octanol–water partition coefficient (Wildman–Crippen LogP) is 0.219. The van der Waals surface area contributed by atoms with Crippen LogP contribution in [0.15, 0.2) is 0 Å². The Bertz CT molecular complexity index is 214. The number of esters is 1. The minimum absolute atomic E-state index is 0.254. The largest absolute Gasteiger partial charge is 0.465 e. The Morgan fingerprint density at radius 2 is 2.14 bits per heavy atom. The minimum atomic E-state index is -0.792. The van der Waals surface area contributed by atoms with E-state index >= 15 is 0 Å². The molecule has 1 unspecified atom stereocenters. The molecule has 1 saturated carbocycles. The maximum absolute atomic E-state index is 11.7. The van der Waals surface area contributed by atoms with Gasteiger partial charge in [0.15, 0.2) is 0 Å². The number of carbonyl (C=O) groups is 1. The van der Waals surface area contributed by atoms with Crippen molar-refractivity contribution in [3.05, 3.63) is 0 Å². The molecule has 1 aliphatic rings. The average Bonchev–Trinajstić information content (AvgIpc) is 2.85. The SMILES string of the molecule is CCOC(=O)C(N)(CN(C)C)C1CC1. The molecule has 0 radical (unpaired) electrons. The molecule has 0 bridgehead atoms. The van der Waals surface area contributed by atoms with Crippen molar-refractivity contribution in [3.8, 4) is 0 Å². The first-order valence-electron chi connectivity index (χ1n) is 5.11. The summed E-state index contributed by atoms with van der Waals surface area (Å²) in [5, 5.41) is 0. The van der Waals surface area contributed by atoms with Crippen LogP contribution in [-0.4, -0.2) is 43.7 Å². The lowest BCUT2D eigenvalue weighted by molar-refractivity contribution is -0.151. The second-order valence-corrected chi connectivity index (χ2v) is 4.27. The van der Waals surface area contributed by atoms with Gasteiger partial charge in [-0.3, -0.25) is 0 Å². The molecule has 1 atom stereocenters. The van der Waals surface area contributed by atoms with Crippen LogP contribution in [0, 0.1) is 5.92 Å². The molecule has 0 aromatic heterocycles. The summed E-state index contributed by atoms with van der Waals surface area (Å²) in [6.45, 7) is 2.77. The molecule has 0 amide bonds. The van der Waals surface area contributed by atoms with Crippen molar-refractivity contribution in [2.45, 2.75) is 25.3 Å². The van der Waals surface area contributed by atoms with Gasteiger partial charge in [0.2, 0.25) is 0 Å². The van der Waals surface area contributed by atoms with E-state index in [4.69, 9.17) is 10.5 Å². The first-order chi connectivity index (χ1) is 6.50. The Hall–Kier alpha value is -0.610. The van der Waals surface area contributed by atoms with E-state index in [9.17, 15) is 4.79 Å². The third-order valence-corrected chi connectivity index (χ3v) is 2.54.